The fourth-order valence-electron chi connectivity index (χ4n) is 3.09. The lowest BCUT2D eigenvalue weighted by molar-refractivity contribution is -0.152. The van der Waals surface area contributed by atoms with Gasteiger partial charge in [-0.25, -0.2) is 4.79 Å². The van der Waals surface area contributed by atoms with Crippen molar-refractivity contribution in [3.63, 3.8) is 0 Å². The minimum absolute atomic E-state index is 0.109. The Balaban J connectivity index is 1.86. The van der Waals surface area contributed by atoms with Gasteiger partial charge in [-0.15, -0.1) is 12.3 Å². The van der Waals surface area contributed by atoms with Crippen LogP contribution in [0.25, 0.3) is 0 Å². The van der Waals surface area contributed by atoms with Gasteiger partial charge in [-0.3, -0.25) is 4.79 Å². The van der Waals surface area contributed by atoms with E-state index in [9.17, 15) is 19.8 Å². The molecule has 7 nitrogen and oxygen atoms in total. The zero-order valence-electron chi connectivity index (χ0n) is 13.1. The number of hydrogen-bond acceptors (Lipinski definition) is 5. The summed E-state index contributed by atoms with van der Waals surface area (Å²) in [5, 5.41) is 30.3. The van der Waals surface area contributed by atoms with Crippen LogP contribution in [0.5, 0.6) is 0 Å². The van der Waals surface area contributed by atoms with Crippen molar-refractivity contribution in [2.24, 2.45) is 10.2 Å². The monoisotopic (exact) mass is 321 g/mol. The number of carboxylic acid groups (broad SMARTS) is 1. The summed E-state index contributed by atoms with van der Waals surface area (Å²) in [4.78, 5) is 23.5. The maximum Gasteiger partial charge on any atom is 0.329 e. The van der Waals surface area contributed by atoms with Gasteiger partial charge >= 0.3 is 5.97 Å². The van der Waals surface area contributed by atoms with Crippen LogP contribution in [0.4, 0.5) is 0 Å². The van der Waals surface area contributed by atoms with Gasteiger partial charge in [-0.05, 0) is 12.8 Å². The van der Waals surface area contributed by atoms with Crippen molar-refractivity contribution in [3.05, 3.63) is 0 Å². The van der Waals surface area contributed by atoms with E-state index < -0.39 is 29.2 Å². The largest absolute Gasteiger partial charge is 0.480 e. The van der Waals surface area contributed by atoms with Crippen LogP contribution in [0.15, 0.2) is 10.2 Å². The quantitative estimate of drug-likeness (QED) is 0.590. The van der Waals surface area contributed by atoms with Crippen LogP contribution < -0.4 is 5.32 Å². The van der Waals surface area contributed by atoms with Gasteiger partial charge in [0, 0.05) is 25.7 Å². The van der Waals surface area contributed by atoms with E-state index in [2.05, 4.69) is 21.5 Å². The van der Waals surface area contributed by atoms with Crippen LogP contribution in [-0.4, -0.2) is 39.4 Å². The van der Waals surface area contributed by atoms with Crippen LogP contribution in [0.1, 0.15) is 57.8 Å². The van der Waals surface area contributed by atoms with Crippen LogP contribution in [0, 0.1) is 12.3 Å². The number of carbonyl (C=O) groups excluding carboxylic acids is 1. The lowest BCUT2D eigenvalue weighted by Gasteiger charge is -2.37. The first-order valence-electron chi connectivity index (χ1n) is 8.03. The third kappa shape index (κ3) is 4.52. The molecule has 2 aliphatic rings. The molecule has 1 aliphatic heterocycles. The van der Waals surface area contributed by atoms with Crippen molar-refractivity contribution >= 4 is 11.9 Å². The molecule has 1 aliphatic carbocycles. The summed E-state index contributed by atoms with van der Waals surface area (Å²) >= 11 is 0. The van der Waals surface area contributed by atoms with Gasteiger partial charge in [0.15, 0.2) is 11.7 Å². The summed E-state index contributed by atoms with van der Waals surface area (Å²) in [6.45, 7) is 0. The second kappa shape index (κ2) is 7.09. The minimum Gasteiger partial charge on any atom is -0.480 e. The number of carbonyl (C=O) groups is 2. The molecule has 0 aromatic heterocycles. The first kappa shape index (κ1) is 17.4. The van der Waals surface area contributed by atoms with Gasteiger partial charge in [0.1, 0.15) is 0 Å². The highest BCUT2D eigenvalue weighted by molar-refractivity contribution is 5.84. The fraction of sp³-hybridized carbons (Fsp3) is 0.750. The Morgan fingerprint density at radius 1 is 1.22 bits per heavy atom. The third-order valence-electron chi connectivity index (χ3n) is 4.61. The van der Waals surface area contributed by atoms with E-state index in [0.717, 1.165) is 19.3 Å². The van der Waals surface area contributed by atoms with Crippen molar-refractivity contribution in [3.8, 4) is 12.3 Å². The Morgan fingerprint density at radius 2 is 1.87 bits per heavy atom. The number of aliphatic carboxylic acids is 1. The van der Waals surface area contributed by atoms with E-state index in [1.165, 1.54) is 0 Å². The summed E-state index contributed by atoms with van der Waals surface area (Å²) in [6.07, 6.45) is 10.2. The molecule has 0 saturated heterocycles. The summed E-state index contributed by atoms with van der Waals surface area (Å²) < 4.78 is 0. The molecule has 126 valence electrons. The molecule has 0 bridgehead atoms. The predicted molar refractivity (Wildman–Crippen MR) is 82.5 cm³/mol. The Labute approximate surface area is 135 Å². The number of aliphatic hydroxyl groups is 1. The number of terminal acetylenes is 1. The standard InChI is InChI=1S/C16H23N3O4/c1-2-3-10-16(18-19-16)11-7-12(20)17-13(14(21)22)15(23)8-5-4-6-9-15/h1,13,23H,3-11H2,(H,17,20)(H,21,22). The summed E-state index contributed by atoms with van der Waals surface area (Å²) in [5.41, 5.74) is -1.93. The van der Waals surface area contributed by atoms with Crippen molar-refractivity contribution < 1.29 is 19.8 Å². The molecule has 0 spiro atoms. The summed E-state index contributed by atoms with van der Waals surface area (Å²) in [7, 11) is 0. The number of nitrogens with zero attached hydrogens (tertiary/aromatic N) is 2. The number of carboxylic acids is 1. The Bertz CT molecular complexity index is 526. The molecular weight excluding hydrogens is 298 g/mol. The average molecular weight is 321 g/mol. The van der Waals surface area contributed by atoms with Gasteiger partial charge in [-0.2, -0.15) is 10.2 Å². The second-order valence-electron chi connectivity index (χ2n) is 6.39. The lowest BCUT2D eigenvalue weighted by atomic mass is 9.79. The Kier molecular flexibility index (Phi) is 5.37. The van der Waals surface area contributed by atoms with Gasteiger partial charge in [0.25, 0.3) is 0 Å². The predicted octanol–water partition coefficient (Wildman–Crippen LogP) is 1.61. The van der Waals surface area contributed by atoms with Crippen LogP contribution in [-0.2, 0) is 9.59 Å². The number of rotatable bonds is 8. The van der Waals surface area contributed by atoms with E-state index in [0.29, 0.717) is 32.1 Å². The maximum atomic E-state index is 12.1. The zero-order valence-corrected chi connectivity index (χ0v) is 13.1. The topological polar surface area (TPSA) is 111 Å². The van der Waals surface area contributed by atoms with Crippen LogP contribution in [0.3, 0.4) is 0 Å². The van der Waals surface area contributed by atoms with Crippen molar-refractivity contribution in [1.82, 2.24) is 5.32 Å². The molecule has 0 radical (unpaired) electrons. The van der Waals surface area contributed by atoms with Crippen LogP contribution >= 0.6 is 0 Å². The number of nitrogens with one attached hydrogen (secondary N) is 1. The van der Waals surface area contributed by atoms with E-state index >= 15 is 0 Å². The first-order valence-corrected chi connectivity index (χ1v) is 8.03. The van der Waals surface area contributed by atoms with Crippen LogP contribution in [0.2, 0.25) is 0 Å². The molecule has 7 heteroatoms. The molecule has 2 rings (SSSR count). The molecule has 1 saturated carbocycles. The molecule has 1 atom stereocenters. The van der Waals surface area contributed by atoms with Crippen molar-refractivity contribution in [2.45, 2.75) is 75.1 Å². The highest BCUT2D eigenvalue weighted by Crippen LogP contribution is 2.37. The number of amides is 1. The SMILES string of the molecule is C#CCCC1(CCC(=O)NC(C(=O)O)C2(O)CCCCC2)N=N1. The Hall–Kier alpha value is -1.94. The van der Waals surface area contributed by atoms with Gasteiger partial charge in [0.05, 0.1) is 5.60 Å². The molecule has 1 amide bonds. The van der Waals surface area contributed by atoms with E-state index in [4.69, 9.17) is 6.42 Å². The van der Waals surface area contributed by atoms with Gasteiger partial charge in [-0.1, -0.05) is 19.3 Å². The van der Waals surface area contributed by atoms with E-state index in [-0.39, 0.29) is 6.42 Å². The maximum absolute atomic E-state index is 12.1. The molecule has 0 aromatic rings. The van der Waals surface area contributed by atoms with E-state index in [1.807, 2.05) is 0 Å². The normalized spacial score (nSPS) is 21.9. The average Bonchev–Trinajstić information content (AvgIpc) is 3.29. The smallest absolute Gasteiger partial charge is 0.329 e. The number of hydrogen-bond donors (Lipinski definition) is 3. The first-order chi connectivity index (χ1) is 10.9. The summed E-state index contributed by atoms with van der Waals surface area (Å²) in [6, 6.07) is -1.27. The van der Waals surface area contributed by atoms with Crippen molar-refractivity contribution in [2.75, 3.05) is 0 Å². The molecule has 1 heterocycles. The highest BCUT2D eigenvalue weighted by Gasteiger charge is 2.44. The van der Waals surface area contributed by atoms with Gasteiger partial charge in [0.2, 0.25) is 5.91 Å². The lowest BCUT2D eigenvalue weighted by Crippen LogP contribution is -2.57. The van der Waals surface area contributed by atoms with Gasteiger partial charge < -0.3 is 15.5 Å². The Morgan fingerprint density at radius 3 is 2.39 bits per heavy atom. The van der Waals surface area contributed by atoms with Crippen molar-refractivity contribution in [1.29, 1.82) is 0 Å². The molecule has 1 fully saturated rings. The fourth-order valence-corrected chi connectivity index (χ4v) is 3.09. The highest BCUT2D eigenvalue weighted by atomic mass is 16.4. The molecular formula is C16H23N3O4. The second-order valence-corrected chi connectivity index (χ2v) is 6.39. The summed E-state index contributed by atoms with van der Waals surface area (Å²) in [5.74, 6) is 0.904. The molecule has 1 unspecified atom stereocenters. The van der Waals surface area contributed by atoms with E-state index in [1.54, 1.807) is 0 Å². The minimum atomic E-state index is -1.37. The molecule has 23 heavy (non-hydrogen) atoms. The molecule has 0 aromatic carbocycles. The third-order valence-corrected chi connectivity index (χ3v) is 4.61. The molecule has 3 N–H and O–H groups in total. The zero-order chi connectivity index (χ0) is 16.9.